The van der Waals surface area contributed by atoms with Gasteiger partial charge in [0.25, 0.3) is 5.56 Å². The summed E-state index contributed by atoms with van der Waals surface area (Å²) in [6, 6.07) is 5.77. The molecule has 1 aromatic carbocycles. The van der Waals surface area contributed by atoms with Crippen LogP contribution in [0.5, 0.6) is 0 Å². The number of nitrogens with zero attached hydrogens (tertiary/aromatic N) is 1. The number of aromatic nitrogens is 2. The van der Waals surface area contributed by atoms with Crippen LogP contribution in [-0.2, 0) is 11.2 Å². The maximum atomic E-state index is 12.9. The molecule has 0 aliphatic rings. The molecule has 0 spiro atoms. The molecule has 0 aliphatic carbocycles. The summed E-state index contributed by atoms with van der Waals surface area (Å²) in [5, 5.41) is 2.84. The third-order valence-corrected chi connectivity index (χ3v) is 3.69. The molecule has 1 atom stereocenters. The quantitative estimate of drug-likeness (QED) is 0.889. The largest absolute Gasteiger partial charge is 0.350 e. The fourth-order valence-electron chi connectivity index (χ4n) is 2.43. The first-order valence-corrected chi connectivity index (χ1v) is 7.48. The van der Waals surface area contributed by atoms with Gasteiger partial charge in [0, 0.05) is 17.7 Å². The molecule has 1 aromatic heterocycles. The lowest BCUT2D eigenvalue weighted by Gasteiger charge is -2.14. The van der Waals surface area contributed by atoms with Gasteiger partial charge < -0.3 is 10.3 Å². The Morgan fingerprint density at radius 3 is 2.57 bits per heavy atom. The minimum absolute atomic E-state index is 0.166. The summed E-state index contributed by atoms with van der Waals surface area (Å²) in [4.78, 5) is 30.8. The second-order valence-electron chi connectivity index (χ2n) is 5.56. The smallest absolute Gasteiger partial charge is 0.254 e. The van der Waals surface area contributed by atoms with Crippen molar-refractivity contribution in [1.29, 1.82) is 0 Å². The molecule has 0 aliphatic heterocycles. The van der Waals surface area contributed by atoms with Crippen LogP contribution in [0.15, 0.2) is 29.1 Å². The monoisotopic (exact) mass is 317 g/mol. The van der Waals surface area contributed by atoms with Crippen LogP contribution in [0.3, 0.4) is 0 Å². The highest BCUT2D eigenvalue weighted by atomic mass is 19.1. The molecule has 6 heteroatoms. The zero-order valence-corrected chi connectivity index (χ0v) is 13.4. The first-order chi connectivity index (χ1) is 10.9. The van der Waals surface area contributed by atoms with Gasteiger partial charge in [-0.2, -0.15) is 0 Å². The number of H-pyrrole nitrogens is 1. The number of nitrogens with one attached hydrogen (secondary N) is 2. The lowest BCUT2D eigenvalue weighted by molar-refractivity contribution is -0.121. The van der Waals surface area contributed by atoms with Crippen molar-refractivity contribution in [2.45, 2.75) is 39.7 Å². The SMILES string of the molecule is Cc1nc(C)c(CCC(=O)N[C@@H](C)c2ccc(F)cc2)c(=O)[nH]1. The van der Waals surface area contributed by atoms with Crippen LogP contribution in [-0.4, -0.2) is 15.9 Å². The number of halogens is 1. The van der Waals surface area contributed by atoms with E-state index in [0.717, 1.165) is 5.56 Å². The summed E-state index contributed by atoms with van der Waals surface area (Å²) >= 11 is 0. The van der Waals surface area contributed by atoms with Crippen molar-refractivity contribution in [1.82, 2.24) is 15.3 Å². The summed E-state index contributed by atoms with van der Waals surface area (Å²) in [5.74, 6) is 0.0840. The average Bonchev–Trinajstić information content (AvgIpc) is 2.46. The van der Waals surface area contributed by atoms with Gasteiger partial charge in [0.15, 0.2) is 0 Å². The molecule has 2 aromatic rings. The third-order valence-electron chi connectivity index (χ3n) is 3.69. The molecular weight excluding hydrogens is 297 g/mol. The van der Waals surface area contributed by atoms with Gasteiger partial charge in [-0.15, -0.1) is 0 Å². The van der Waals surface area contributed by atoms with E-state index < -0.39 is 0 Å². The molecule has 0 radical (unpaired) electrons. The predicted octanol–water partition coefficient (Wildman–Crippen LogP) is 2.34. The lowest BCUT2D eigenvalue weighted by atomic mass is 10.1. The van der Waals surface area contributed by atoms with Crippen molar-refractivity contribution >= 4 is 5.91 Å². The van der Waals surface area contributed by atoms with Gasteiger partial charge in [-0.3, -0.25) is 9.59 Å². The molecule has 0 unspecified atom stereocenters. The molecule has 1 heterocycles. The first-order valence-electron chi connectivity index (χ1n) is 7.48. The minimum Gasteiger partial charge on any atom is -0.350 e. The number of hydrogen-bond acceptors (Lipinski definition) is 3. The van der Waals surface area contributed by atoms with E-state index in [0.29, 0.717) is 23.5 Å². The Bertz CT molecular complexity index is 753. The maximum absolute atomic E-state index is 12.9. The van der Waals surface area contributed by atoms with E-state index in [2.05, 4.69) is 15.3 Å². The fraction of sp³-hybridized carbons (Fsp3) is 0.353. The number of carbonyl (C=O) groups is 1. The molecule has 0 saturated carbocycles. The van der Waals surface area contributed by atoms with Gasteiger partial charge in [-0.1, -0.05) is 12.1 Å². The number of rotatable bonds is 5. The second-order valence-corrected chi connectivity index (χ2v) is 5.56. The lowest BCUT2D eigenvalue weighted by Crippen LogP contribution is -2.28. The molecule has 0 saturated heterocycles. The highest BCUT2D eigenvalue weighted by Gasteiger charge is 2.12. The first kappa shape index (κ1) is 16.9. The van der Waals surface area contributed by atoms with E-state index in [4.69, 9.17) is 0 Å². The number of aryl methyl sites for hydroxylation is 2. The maximum Gasteiger partial charge on any atom is 0.254 e. The van der Waals surface area contributed by atoms with Crippen LogP contribution in [0, 0.1) is 19.7 Å². The topological polar surface area (TPSA) is 74.8 Å². The Morgan fingerprint density at radius 1 is 1.30 bits per heavy atom. The summed E-state index contributed by atoms with van der Waals surface area (Å²) < 4.78 is 12.9. The zero-order valence-electron chi connectivity index (χ0n) is 13.4. The van der Waals surface area contributed by atoms with Gasteiger partial charge in [-0.25, -0.2) is 9.37 Å². The third kappa shape index (κ3) is 4.48. The Labute approximate surface area is 134 Å². The van der Waals surface area contributed by atoms with E-state index in [1.54, 1.807) is 26.0 Å². The van der Waals surface area contributed by atoms with E-state index >= 15 is 0 Å². The molecule has 0 fully saturated rings. The van der Waals surface area contributed by atoms with Gasteiger partial charge in [0.1, 0.15) is 11.6 Å². The molecule has 5 nitrogen and oxygen atoms in total. The van der Waals surface area contributed by atoms with Crippen LogP contribution < -0.4 is 10.9 Å². The second kappa shape index (κ2) is 7.17. The fourth-order valence-corrected chi connectivity index (χ4v) is 2.43. The summed E-state index contributed by atoms with van der Waals surface area (Å²) in [5.41, 5.74) is 1.80. The highest BCUT2D eigenvalue weighted by molar-refractivity contribution is 5.76. The summed E-state index contributed by atoms with van der Waals surface area (Å²) in [6.45, 7) is 5.31. The predicted molar refractivity (Wildman–Crippen MR) is 85.6 cm³/mol. The van der Waals surface area contributed by atoms with Gasteiger partial charge >= 0.3 is 0 Å². The van der Waals surface area contributed by atoms with Crippen molar-refractivity contribution in [3.63, 3.8) is 0 Å². The molecule has 1 amide bonds. The van der Waals surface area contributed by atoms with Crippen LogP contribution in [0.2, 0.25) is 0 Å². The Morgan fingerprint density at radius 2 is 1.96 bits per heavy atom. The van der Waals surface area contributed by atoms with Crippen molar-refractivity contribution in [3.8, 4) is 0 Å². The van der Waals surface area contributed by atoms with Crippen molar-refractivity contribution in [3.05, 3.63) is 63.1 Å². The minimum atomic E-state index is -0.311. The van der Waals surface area contributed by atoms with Crippen LogP contribution in [0.1, 0.15) is 42.0 Å². The number of carbonyl (C=O) groups excluding carboxylic acids is 1. The Kier molecular flexibility index (Phi) is 5.26. The standard InChI is InChI=1S/C17H20FN3O2/c1-10(13-4-6-14(18)7-5-13)20-16(22)9-8-15-11(2)19-12(3)21-17(15)23/h4-7,10H,8-9H2,1-3H3,(H,20,22)(H,19,21,23)/t10-/m0/s1. The van der Waals surface area contributed by atoms with E-state index in [-0.39, 0.29) is 29.7 Å². The molecule has 23 heavy (non-hydrogen) atoms. The van der Waals surface area contributed by atoms with Crippen molar-refractivity contribution < 1.29 is 9.18 Å². The van der Waals surface area contributed by atoms with E-state index in [1.807, 2.05) is 6.92 Å². The van der Waals surface area contributed by atoms with Gasteiger partial charge in [0.2, 0.25) is 5.91 Å². The number of benzene rings is 1. The number of amides is 1. The van der Waals surface area contributed by atoms with Crippen LogP contribution in [0.25, 0.3) is 0 Å². The van der Waals surface area contributed by atoms with Gasteiger partial charge in [-0.05, 0) is 44.9 Å². The normalized spacial score (nSPS) is 12.0. The van der Waals surface area contributed by atoms with Crippen LogP contribution in [0.4, 0.5) is 4.39 Å². The molecule has 0 bridgehead atoms. The zero-order chi connectivity index (χ0) is 17.0. The molecular formula is C17H20FN3O2. The summed E-state index contributed by atoms with van der Waals surface area (Å²) in [7, 11) is 0. The molecule has 2 rings (SSSR count). The summed E-state index contributed by atoms with van der Waals surface area (Å²) in [6.07, 6.45) is 0.524. The van der Waals surface area contributed by atoms with Crippen molar-refractivity contribution in [2.75, 3.05) is 0 Å². The van der Waals surface area contributed by atoms with E-state index in [9.17, 15) is 14.0 Å². The van der Waals surface area contributed by atoms with Gasteiger partial charge in [0.05, 0.1) is 6.04 Å². The van der Waals surface area contributed by atoms with Crippen molar-refractivity contribution in [2.24, 2.45) is 0 Å². The highest BCUT2D eigenvalue weighted by Crippen LogP contribution is 2.13. The van der Waals surface area contributed by atoms with Crippen LogP contribution >= 0.6 is 0 Å². The Balaban J connectivity index is 1.95. The number of aromatic amines is 1. The van der Waals surface area contributed by atoms with E-state index in [1.165, 1.54) is 12.1 Å². The average molecular weight is 317 g/mol. The Hall–Kier alpha value is -2.50. The number of hydrogen-bond donors (Lipinski definition) is 2. The molecule has 2 N–H and O–H groups in total. The molecule has 122 valence electrons.